The third-order valence-electron chi connectivity index (χ3n) is 4.53. The average molecular weight is 383 g/mol. The van der Waals surface area contributed by atoms with Crippen LogP contribution in [0, 0.1) is 0 Å². The van der Waals surface area contributed by atoms with E-state index in [2.05, 4.69) is 16.4 Å². The molecule has 4 aromatic rings. The zero-order valence-corrected chi connectivity index (χ0v) is 16.3. The van der Waals surface area contributed by atoms with Crippen molar-refractivity contribution in [3.63, 3.8) is 0 Å². The van der Waals surface area contributed by atoms with Crippen molar-refractivity contribution in [3.8, 4) is 11.5 Å². The summed E-state index contributed by atoms with van der Waals surface area (Å²) in [6, 6.07) is 25.5. The van der Waals surface area contributed by atoms with Crippen LogP contribution in [0.25, 0.3) is 10.9 Å². The van der Waals surface area contributed by atoms with E-state index in [4.69, 9.17) is 14.5 Å². The lowest BCUT2D eigenvalue weighted by Crippen LogP contribution is -1.99. The highest BCUT2D eigenvalue weighted by Gasteiger charge is 2.07. The molecule has 1 heterocycles. The van der Waals surface area contributed by atoms with Crippen LogP contribution in [0.5, 0.6) is 11.5 Å². The molecule has 3 aromatic carbocycles. The van der Waals surface area contributed by atoms with Gasteiger partial charge in [-0.3, -0.25) is 4.99 Å². The SMILES string of the molecule is COc1ccc(N=Cc2cc3ccccc3nc2Nc2ccc(OC)cc2)cc1. The molecule has 0 spiro atoms. The second kappa shape index (κ2) is 8.44. The molecule has 0 amide bonds. The smallest absolute Gasteiger partial charge is 0.139 e. The fraction of sp³-hybridized carbons (Fsp3) is 0.0833. The number of pyridine rings is 1. The van der Waals surface area contributed by atoms with Crippen LogP contribution in [-0.2, 0) is 0 Å². The number of ether oxygens (including phenoxy) is 2. The second-order valence-corrected chi connectivity index (χ2v) is 6.43. The van der Waals surface area contributed by atoms with Crippen molar-refractivity contribution in [2.75, 3.05) is 19.5 Å². The van der Waals surface area contributed by atoms with Crippen molar-refractivity contribution < 1.29 is 9.47 Å². The highest BCUT2D eigenvalue weighted by molar-refractivity contribution is 5.95. The van der Waals surface area contributed by atoms with Crippen molar-refractivity contribution in [3.05, 3.63) is 84.4 Å². The maximum Gasteiger partial charge on any atom is 0.139 e. The minimum absolute atomic E-state index is 0.742. The van der Waals surface area contributed by atoms with Gasteiger partial charge in [0.1, 0.15) is 17.3 Å². The lowest BCUT2D eigenvalue weighted by Gasteiger charge is -2.11. The van der Waals surface area contributed by atoms with Crippen LogP contribution >= 0.6 is 0 Å². The van der Waals surface area contributed by atoms with Crippen molar-refractivity contribution >= 4 is 34.3 Å². The summed E-state index contributed by atoms with van der Waals surface area (Å²) < 4.78 is 10.4. The molecular weight excluding hydrogens is 362 g/mol. The molecule has 0 bridgehead atoms. The number of benzene rings is 3. The number of nitrogens with zero attached hydrogens (tertiary/aromatic N) is 2. The second-order valence-electron chi connectivity index (χ2n) is 6.43. The van der Waals surface area contributed by atoms with Gasteiger partial charge >= 0.3 is 0 Å². The third kappa shape index (κ3) is 4.35. The Morgan fingerprint density at radius 1 is 0.828 bits per heavy atom. The molecule has 0 saturated heterocycles. The largest absolute Gasteiger partial charge is 0.497 e. The first-order valence-electron chi connectivity index (χ1n) is 9.24. The number of para-hydroxylation sites is 1. The quantitative estimate of drug-likeness (QED) is 0.431. The first kappa shape index (κ1) is 18.5. The predicted octanol–water partition coefficient (Wildman–Crippen LogP) is 5.75. The van der Waals surface area contributed by atoms with Gasteiger partial charge < -0.3 is 14.8 Å². The lowest BCUT2D eigenvalue weighted by molar-refractivity contribution is 0.415. The molecule has 0 unspecified atom stereocenters. The van der Waals surface area contributed by atoms with E-state index in [0.29, 0.717) is 0 Å². The third-order valence-corrected chi connectivity index (χ3v) is 4.53. The molecule has 5 heteroatoms. The first-order chi connectivity index (χ1) is 14.2. The molecule has 4 rings (SSSR count). The molecule has 1 N–H and O–H groups in total. The summed E-state index contributed by atoms with van der Waals surface area (Å²) in [6.07, 6.45) is 1.83. The molecular formula is C24H21N3O2. The molecule has 0 atom stereocenters. The average Bonchev–Trinajstić information content (AvgIpc) is 2.78. The Hall–Kier alpha value is -3.86. The Morgan fingerprint density at radius 2 is 1.48 bits per heavy atom. The summed E-state index contributed by atoms with van der Waals surface area (Å²) in [5.74, 6) is 2.35. The zero-order valence-electron chi connectivity index (χ0n) is 16.3. The van der Waals surface area contributed by atoms with Crippen LogP contribution in [0.4, 0.5) is 17.2 Å². The number of aromatic nitrogens is 1. The number of nitrogens with one attached hydrogen (secondary N) is 1. The number of hydrogen-bond donors (Lipinski definition) is 1. The lowest BCUT2D eigenvalue weighted by atomic mass is 10.1. The van der Waals surface area contributed by atoms with Crippen LogP contribution in [0.15, 0.2) is 83.9 Å². The minimum Gasteiger partial charge on any atom is -0.497 e. The Morgan fingerprint density at radius 3 is 2.17 bits per heavy atom. The Labute approximate surface area is 169 Å². The van der Waals surface area contributed by atoms with Gasteiger partial charge in [-0.2, -0.15) is 0 Å². The van der Waals surface area contributed by atoms with E-state index in [0.717, 1.165) is 45.2 Å². The summed E-state index contributed by atoms with van der Waals surface area (Å²) in [5, 5.41) is 4.45. The van der Waals surface area contributed by atoms with E-state index in [1.165, 1.54) is 0 Å². The van der Waals surface area contributed by atoms with Crippen molar-refractivity contribution in [2.45, 2.75) is 0 Å². The number of rotatable bonds is 6. The number of hydrogen-bond acceptors (Lipinski definition) is 5. The van der Waals surface area contributed by atoms with Gasteiger partial charge in [-0.25, -0.2) is 4.98 Å². The minimum atomic E-state index is 0.742. The Bertz CT molecular complexity index is 1140. The summed E-state index contributed by atoms with van der Waals surface area (Å²) in [6.45, 7) is 0. The normalized spacial score (nSPS) is 11.0. The van der Waals surface area contributed by atoms with Gasteiger partial charge in [-0.1, -0.05) is 18.2 Å². The zero-order chi connectivity index (χ0) is 20.1. The van der Waals surface area contributed by atoms with Crippen LogP contribution in [0.3, 0.4) is 0 Å². The predicted molar refractivity (Wildman–Crippen MR) is 118 cm³/mol. The molecule has 29 heavy (non-hydrogen) atoms. The number of anilines is 2. The summed E-state index contributed by atoms with van der Waals surface area (Å²) in [4.78, 5) is 9.41. The highest BCUT2D eigenvalue weighted by atomic mass is 16.5. The fourth-order valence-electron chi connectivity index (χ4n) is 2.95. The van der Waals surface area contributed by atoms with Gasteiger partial charge in [-0.15, -0.1) is 0 Å². The molecule has 0 aliphatic rings. The topological polar surface area (TPSA) is 55.7 Å². The molecule has 5 nitrogen and oxygen atoms in total. The van der Waals surface area contributed by atoms with Gasteiger partial charge in [0, 0.05) is 22.9 Å². The van der Waals surface area contributed by atoms with Crippen LogP contribution < -0.4 is 14.8 Å². The van der Waals surface area contributed by atoms with Crippen molar-refractivity contribution in [1.82, 2.24) is 4.98 Å². The van der Waals surface area contributed by atoms with E-state index in [9.17, 15) is 0 Å². The fourth-order valence-corrected chi connectivity index (χ4v) is 2.95. The maximum absolute atomic E-state index is 5.23. The van der Waals surface area contributed by atoms with E-state index in [-0.39, 0.29) is 0 Å². The highest BCUT2D eigenvalue weighted by Crippen LogP contribution is 2.25. The van der Waals surface area contributed by atoms with Gasteiger partial charge in [0.05, 0.1) is 25.4 Å². The summed E-state index contributed by atoms with van der Waals surface area (Å²) >= 11 is 0. The van der Waals surface area contributed by atoms with Gasteiger partial charge in [0.2, 0.25) is 0 Å². The Kier molecular flexibility index (Phi) is 5.38. The molecule has 1 aromatic heterocycles. The number of aliphatic imine (C=N–C) groups is 1. The van der Waals surface area contributed by atoms with Gasteiger partial charge in [-0.05, 0) is 60.7 Å². The molecule has 0 saturated carbocycles. The maximum atomic E-state index is 5.23. The number of fused-ring (bicyclic) bond motifs is 1. The molecule has 0 aliphatic heterocycles. The van der Waals surface area contributed by atoms with Crippen LogP contribution in [-0.4, -0.2) is 25.4 Å². The van der Waals surface area contributed by atoms with Gasteiger partial charge in [0.15, 0.2) is 0 Å². The summed E-state index contributed by atoms with van der Waals surface area (Å²) in [5.41, 5.74) is 3.59. The van der Waals surface area contributed by atoms with Crippen LogP contribution in [0.2, 0.25) is 0 Å². The van der Waals surface area contributed by atoms with E-state index < -0.39 is 0 Å². The van der Waals surface area contributed by atoms with Crippen molar-refractivity contribution in [2.24, 2.45) is 4.99 Å². The monoisotopic (exact) mass is 383 g/mol. The van der Waals surface area contributed by atoms with Crippen molar-refractivity contribution in [1.29, 1.82) is 0 Å². The summed E-state index contributed by atoms with van der Waals surface area (Å²) in [7, 11) is 3.30. The standard InChI is InChI=1S/C24H21N3O2/c1-28-21-11-7-19(8-12-21)25-16-18-15-17-5-3-4-6-23(17)27-24(18)26-20-9-13-22(29-2)14-10-20/h3-16H,1-2H3,(H,26,27). The van der Waals surface area contributed by atoms with E-state index >= 15 is 0 Å². The van der Waals surface area contributed by atoms with E-state index in [1.54, 1.807) is 14.2 Å². The number of methoxy groups -OCH3 is 2. The van der Waals surface area contributed by atoms with Gasteiger partial charge in [0.25, 0.3) is 0 Å². The van der Waals surface area contributed by atoms with Crippen LogP contribution in [0.1, 0.15) is 5.56 Å². The Balaban J connectivity index is 1.69. The molecule has 0 radical (unpaired) electrons. The first-order valence-corrected chi connectivity index (χ1v) is 9.24. The molecule has 0 aliphatic carbocycles. The molecule has 144 valence electrons. The molecule has 0 fully saturated rings. The van der Waals surface area contributed by atoms with E-state index in [1.807, 2.05) is 79.0 Å².